The highest BCUT2D eigenvalue weighted by atomic mass is 19.2. The van der Waals surface area contributed by atoms with Crippen molar-refractivity contribution in [3.63, 3.8) is 0 Å². The van der Waals surface area contributed by atoms with Gasteiger partial charge in [-0.2, -0.15) is 0 Å². The second kappa shape index (κ2) is 7.51. The highest BCUT2D eigenvalue weighted by Crippen LogP contribution is 2.19. The molecule has 0 radical (unpaired) electrons. The van der Waals surface area contributed by atoms with E-state index >= 15 is 0 Å². The Morgan fingerprint density at radius 3 is 2.52 bits per heavy atom. The van der Waals surface area contributed by atoms with Gasteiger partial charge in [0, 0.05) is 18.7 Å². The van der Waals surface area contributed by atoms with Crippen molar-refractivity contribution < 1.29 is 27.9 Å². The second-order valence-corrected chi connectivity index (χ2v) is 4.41. The molecule has 0 heterocycles. The Hall–Kier alpha value is -2.25. The van der Waals surface area contributed by atoms with Gasteiger partial charge in [-0.25, -0.2) is 18.0 Å². The molecule has 1 rings (SSSR count). The van der Waals surface area contributed by atoms with Crippen LogP contribution in [0.5, 0.6) is 0 Å². The molecule has 1 atom stereocenters. The Kier molecular flexibility index (Phi) is 6.01. The minimum Gasteiger partial charge on any atom is -0.481 e. The molecular weight excluding hydrogens is 289 g/mol. The number of nitrogens with one attached hydrogen (secondary N) is 2. The number of carboxylic acid groups (broad SMARTS) is 1. The maximum Gasteiger partial charge on any atom is 0.319 e. The van der Waals surface area contributed by atoms with Crippen LogP contribution in [0, 0.1) is 23.4 Å². The summed E-state index contributed by atoms with van der Waals surface area (Å²) < 4.78 is 39.2. The number of amides is 2. The molecular formula is C13H15F3N2O3. The molecule has 1 unspecified atom stereocenters. The Labute approximate surface area is 119 Å². The lowest BCUT2D eigenvalue weighted by molar-refractivity contribution is -0.141. The Morgan fingerprint density at radius 1 is 1.29 bits per heavy atom. The Balaban J connectivity index is 2.64. The van der Waals surface area contributed by atoms with E-state index in [-0.39, 0.29) is 6.54 Å². The van der Waals surface area contributed by atoms with Gasteiger partial charge in [0.05, 0.1) is 11.6 Å². The third kappa shape index (κ3) is 4.97. The van der Waals surface area contributed by atoms with Crippen LogP contribution in [0.3, 0.4) is 0 Å². The molecule has 0 aromatic heterocycles. The Bertz CT molecular complexity index is 538. The smallest absolute Gasteiger partial charge is 0.319 e. The van der Waals surface area contributed by atoms with Crippen LogP contribution in [0.25, 0.3) is 0 Å². The van der Waals surface area contributed by atoms with Crippen molar-refractivity contribution in [1.82, 2.24) is 5.32 Å². The van der Waals surface area contributed by atoms with Crippen LogP contribution in [-0.2, 0) is 4.79 Å². The van der Waals surface area contributed by atoms with Crippen molar-refractivity contribution in [2.24, 2.45) is 5.92 Å². The number of rotatable bonds is 6. The van der Waals surface area contributed by atoms with Crippen LogP contribution in [0.4, 0.5) is 23.7 Å². The highest BCUT2D eigenvalue weighted by Gasteiger charge is 2.18. The molecule has 116 valence electrons. The molecule has 1 aromatic carbocycles. The van der Waals surface area contributed by atoms with Gasteiger partial charge in [0.15, 0.2) is 11.6 Å². The van der Waals surface area contributed by atoms with E-state index < -0.39 is 41.1 Å². The molecule has 21 heavy (non-hydrogen) atoms. The van der Waals surface area contributed by atoms with Crippen molar-refractivity contribution in [2.45, 2.75) is 19.8 Å². The average molecular weight is 304 g/mol. The van der Waals surface area contributed by atoms with E-state index in [9.17, 15) is 22.8 Å². The molecule has 0 saturated heterocycles. The van der Waals surface area contributed by atoms with Crippen molar-refractivity contribution in [3.8, 4) is 0 Å². The first-order valence-corrected chi connectivity index (χ1v) is 6.27. The predicted octanol–water partition coefficient (Wildman–Crippen LogP) is 2.73. The zero-order valence-corrected chi connectivity index (χ0v) is 11.3. The van der Waals surface area contributed by atoms with E-state index in [4.69, 9.17) is 5.11 Å². The molecule has 0 spiro atoms. The van der Waals surface area contributed by atoms with Gasteiger partial charge in [-0.15, -0.1) is 0 Å². The summed E-state index contributed by atoms with van der Waals surface area (Å²) in [6, 6.07) is 0.0278. The van der Waals surface area contributed by atoms with Gasteiger partial charge in [-0.05, 0) is 6.42 Å². The summed E-state index contributed by atoms with van der Waals surface area (Å²) in [5.74, 6) is -5.72. The van der Waals surface area contributed by atoms with Crippen LogP contribution in [0.15, 0.2) is 12.1 Å². The lowest BCUT2D eigenvalue weighted by Gasteiger charge is -2.13. The topological polar surface area (TPSA) is 78.4 Å². The van der Waals surface area contributed by atoms with E-state index in [0.29, 0.717) is 25.0 Å². The highest BCUT2D eigenvalue weighted by molar-refractivity contribution is 5.89. The molecule has 5 nitrogen and oxygen atoms in total. The van der Waals surface area contributed by atoms with Crippen LogP contribution in [0.1, 0.15) is 19.8 Å². The first-order valence-electron chi connectivity index (χ1n) is 6.27. The number of carbonyl (C=O) groups is 2. The van der Waals surface area contributed by atoms with Crippen molar-refractivity contribution >= 4 is 17.7 Å². The molecule has 2 amide bonds. The summed E-state index contributed by atoms with van der Waals surface area (Å²) in [4.78, 5) is 22.4. The van der Waals surface area contributed by atoms with Gasteiger partial charge in [-0.1, -0.05) is 13.3 Å². The minimum absolute atomic E-state index is 0.172. The lowest BCUT2D eigenvalue weighted by atomic mass is 10.0. The minimum atomic E-state index is -1.43. The van der Waals surface area contributed by atoms with Gasteiger partial charge in [-0.3, -0.25) is 4.79 Å². The maximum absolute atomic E-state index is 13.3. The standard InChI is InChI=1S/C13H15F3N2O3/c1-2-3-7(12(19)20)6-17-13(21)18-10-5-8(14)4-9(15)11(10)16/h4-5,7H,2-3,6H2,1H3,(H,19,20)(H2,17,18,21). The molecule has 0 aliphatic heterocycles. The predicted molar refractivity (Wildman–Crippen MR) is 69.4 cm³/mol. The second-order valence-electron chi connectivity index (χ2n) is 4.41. The van der Waals surface area contributed by atoms with Crippen LogP contribution in [0.2, 0.25) is 0 Å². The zero-order chi connectivity index (χ0) is 16.0. The number of carboxylic acids is 1. The third-order valence-electron chi connectivity index (χ3n) is 2.74. The van der Waals surface area contributed by atoms with Gasteiger partial charge in [0.2, 0.25) is 0 Å². The fraction of sp³-hybridized carbons (Fsp3) is 0.385. The average Bonchev–Trinajstić information content (AvgIpc) is 2.39. The summed E-state index contributed by atoms with van der Waals surface area (Å²) in [6.45, 7) is 1.62. The van der Waals surface area contributed by atoms with Crippen LogP contribution < -0.4 is 10.6 Å². The van der Waals surface area contributed by atoms with E-state index in [1.807, 2.05) is 5.32 Å². The molecule has 0 saturated carbocycles. The number of anilines is 1. The normalized spacial score (nSPS) is 11.8. The van der Waals surface area contributed by atoms with Crippen molar-refractivity contribution in [3.05, 3.63) is 29.6 Å². The summed E-state index contributed by atoms with van der Waals surface area (Å²) >= 11 is 0. The first kappa shape index (κ1) is 16.8. The number of benzene rings is 1. The third-order valence-corrected chi connectivity index (χ3v) is 2.74. The fourth-order valence-corrected chi connectivity index (χ4v) is 1.69. The largest absolute Gasteiger partial charge is 0.481 e. The van der Waals surface area contributed by atoms with Gasteiger partial charge in [0.25, 0.3) is 0 Å². The zero-order valence-electron chi connectivity index (χ0n) is 11.3. The SMILES string of the molecule is CCCC(CNC(=O)Nc1cc(F)cc(F)c1F)C(=O)O. The number of hydrogen-bond acceptors (Lipinski definition) is 2. The summed E-state index contributed by atoms with van der Waals surface area (Å²) in [6.07, 6.45) is 0.975. The number of halogens is 3. The first-order chi connectivity index (χ1) is 9.85. The molecule has 0 bridgehead atoms. The van der Waals surface area contributed by atoms with Crippen molar-refractivity contribution in [1.29, 1.82) is 0 Å². The Morgan fingerprint density at radius 2 is 1.95 bits per heavy atom. The molecule has 1 aromatic rings. The molecule has 8 heteroatoms. The van der Waals surface area contributed by atoms with E-state index in [2.05, 4.69) is 5.32 Å². The van der Waals surface area contributed by atoms with Crippen LogP contribution in [-0.4, -0.2) is 23.7 Å². The van der Waals surface area contributed by atoms with E-state index in [1.54, 1.807) is 6.92 Å². The van der Waals surface area contributed by atoms with E-state index in [1.165, 1.54) is 0 Å². The van der Waals surface area contributed by atoms with Gasteiger partial charge >= 0.3 is 12.0 Å². The molecule has 3 N–H and O–H groups in total. The van der Waals surface area contributed by atoms with Gasteiger partial charge < -0.3 is 15.7 Å². The maximum atomic E-state index is 13.3. The summed E-state index contributed by atoms with van der Waals surface area (Å²) in [7, 11) is 0. The molecule has 0 aliphatic carbocycles. The summed E-state index contributed by atoms with van der Waals surface area (Å²) in [5, 5.41) is 13.0. The number of hydrogen-bond donors (Lipinski definition) is 3. The quantitative estimate of drug-likeness (QED) is 0.707. The van der Waals surface area contributed by atoms with Gasteiger partial charge in [0.1, 0.15) is 5.82 Å². The lowest BCUT2D eigenvalue weighted by Crippen LogP contribution is -2.36. The number of urea groups is 1. The number of aliphatic carboxylic acids is 1. The monoisotopic (exact) mass is 304 g/mol. The van der Waals surface area contributed by atoms with E-state index in [0.717, 1.165) is 0 Å². The van der Waals surface area contributed by atoms with Crippen molar-refractivity contribution in [2.75, 3.05) is 11.9 Å². The molecule has 0 fully saturated rings. The molecule has 0 aliphatic rings. The number of carbonyl (C=O) groups excluding carboxylic acids is 1. The van der Waals surface area contributed by atoms with Crippen LogP contribution >= 0.6 is 0 Å². The fourth-order valence-electron chi connectivity index (χ4n) is 1.69. The summed E-state index contributed by atoms with van der Waals surface area (Å²) in [5.41, 5.74) is -0.660.